The van der Waals surface area contributed by atoms with Crippen molar-refractivity contribution in [2.24, 2.45) is 0 Å². The second kappa shape index (κ2) is 22.2. The molecule has 0 atom stereocenters. The van der Waals surface area contributed by atoms with E-state index in [-0.39, 0.29) is 51.0 Å². The Morgan fingerprint density at radius 2 is 0.774 bits per heavy atom. The molecule has 0 N–H and O–H groups in total. The number of allylic oxidation sites excluding steroid dienone is 8. The first-order chi connectivity index (χ1) is 13.6. The molecule has 31 heavy (non-hydrogen) atoms. The Balaban J connectivity index is -0.000000461. The first kappa shape index (κ1) is 36.0. The van der Waals surface area contributed by atoms with Crippen LogP contribution in [0, 0.1) is 12.2 Å². The Labute approximate surface area is 226 Å². The minimum Gasteiger partial charge on any atom is -1.00 e. The molecule has 0 aromatic carbocycles. The number of hydrogen-bond acceptors (Lipinski definition) is 0. The summed E-state index contributed by atoms with van der Waals surface area (Å²) in [5, 5.41) is 0. The van der Waals surface area contributed by atoms with Crippen LogP contribution in [0.1, 0.15) is 131 Å². The third-order valence-electron chi connectivity index (χ3n) is 5.57. The molecule has 0 unspecified atom stereocenters. The zero-order chi connectivity index (χ0) is 20.8. The van der Waals surface area contributed by atoms with Gasteiger partial charge < -0.3 is 24.8 Å². The van der Waals surface area contributed by atoms with E-state index in [9.17, 15) is 0 Å². The Hall–Kier alpha value is 0.423. The molecule has 0 aromatic rings. The molecule has 0 fully saturated rings. The summed E-state index contributed by atoms with van der Waals surface area (Å²) in [5.41, 5.74) is 9.55. The van der Waals surface area contributed by atoms with Gasteiger partial charge in [0.25, 0.3) is 0 Å². The van der Waals surface area contributed by atoms with Gasteiger partial charge in [-0.3, -0.25) is 0 Å². The van der Waals surface area contributed by atoms with Gasteiger partial charge in [-0.25, -0.2) is 34.4 Å². The van der Waals surface area contributed by atoms with Crippen LogP contribution in [0.3, 0.4) is 0 Å². The van der Waals surface area contributed by atoms with Gasteiger partial charge in [0.05, 0.1) is 0 Å². The van der Waals surface area contributed by atoms with Crippen molar-refractivity contribution in [2.75, 3.05) is 0 Å². The monoisotopic (exact) mass is 542 g/mol. The molecule has 0 radical (unpaired) electrons. The fraction of sp³-hybridized carbons (Fsp3) is 0.714. The Morgan fingerprint density at radius 3 is 1.03 bits per heavy atom. The summed E-state index contributed by atoms with van der Waals surface area (Å²) in [5.74, 6) is 0. The van der Waals surface area contributed by atoms with E-state index < -0.39 is 0 Å². The maximum Gasteiger partial charge on any atom is 4.00 e. The molecule has 2 aliphatic carbocycles. The maximum absolute atomic E-state index is 3.62. The molecule has 3 heteroatoms. The normalized spacial score (nSPS) is 14.8. The van der Waals surface area contributed by atoms with Crippen LogP contribution >= 0.6 is 0 Å². The van der Waals surface area contributed by atoms with Crippen LogP contribution in [0.25, 0.3) is 0 Å². The largest absolute Gasteiger partial charge is 4.00 e. The van der Waals surface area contributed by atoms with Crippen molar-refractivity contribution in [1.29, 1.82) is 0 Å². The van der Waals surface area contributed by atoms with Crippen molar-refractivity contribution in [1.82, 2.24) is 0 Å². The number of rotatable bonds is 12. The van der Waals surface area contributed by atoms with Gasteiger partial charge in [-0.05, 0) is 0 Å². The van der Waals surface area contributed by atoms with Crippen LogP contribution < -0.4 is 24.8 Å². The number of hydrogen-bond donors (Lipinski definition) is 0. The van der Waals surface area contributed by atoms with Gasteiger partial charge in [0.1, 0.15) is 0 Å². The van der Waals surface area contributed by atoms with Crippen molar-refractivity contribution in [2.45, 2.75) is 131 Å². The van der Waals surface area contributed by atoms with Gasteiger partial charge in [-0.2, -0.15) is 11.1 Å². The van der Waals surface area contributed by atoms with Gasteiger partial charge in [-0.1, -0.05) is 131 Å². The van der Waals surface area contributed by atoms with Gasteiger partial charge in [0.15, 0.2) is 0 Å². The maximum atomic E-state index is 3.62. The molecule has 0 amide bonds. The first-order valence-electron chi connectivity index (χ1n) is 12.3. The van der Waals surface area contributed by atoms with Crippen molar-refractivity contribution in [3.05, 3.63) is 45.6 Å². The Morgan fingerprint density at radius 1 is 0.484 bits per heavy atom. The van der Waals surface area contributed by atoms with Crippen molar-refractivity contribution in [3.8, 4) is 0 Å². The Bertz CT molecular complexity index is 530. The summed E-state index contributed by atoms with van der Waals surface area (Å²) in [7, 11) is 0. The third-order valence-corrected chi connectivity index (χ3v) is 5.57. The predicted molar refractivity (Wildman–Crippen MR) is 126 cm³/mol. The van der Waals surface area contributed by atoms with E-state index in [4.69, 9.17) is 0 Å². The summed E-state index contributed by atoms with van der Waals surface area (Å²) in [6.45, 7) is 13.6. The molecule has 0 spiro atoms. The number of halogens is 2. The minimum atomic E-state index is 0. The summed E-state index contributed by atoms with van der Waals surface area (Å²) in [6, 6.07) is 0. The van der Waals surface area contributed by atoms with Gasteiger partial charge in [0.2, 0.25) is 0 Å². The van der Waals surface area contributed by atoms with E-state index in [0.717, 1.165) is 0 Å². The average molecular weight is 545 g/mol. The summed E-state index contributed by atoms with van der Waals surface area (Å²) < 4.78 is 0. The molecule has 0 aromatic heterocycles. The smallest absolute Gasteiger partial charge is 1.00 e. The van der Waals surface area contributed by atoms with E-state index in [0.29, 0.717) is 0 Å². The van der Waals surface area contributed by atoms with Gasteiger partial charge in [0, 0.05) is 0 Å². The second-order valence-corrected chi connectivity index (χ2v) is 8.47. The molecule has 0 saturated heterocycles. The van der Waals surface area contributed by atoms with Crippen LogP contribution in [0.15, 0.2) is 33.4 Å². The van der Waals surface area contributed by atoms with Crippen LogP contribution in [0.2, 0.25) is 0 Å². The molecule has 0 bridgehead atoms. The molecular formula is C28H46Cl2Zr. The zero-order valence-corrected chi connectivity index (χ0v) is 25.1. The predicted octanol–water partition coefficient (Wildman–Crippen LogP) is 3.64. The van der Waals surface area contributed by atoms with E-state index >= 15 is 0 Å². The van der Waals surface area contributed by atoms with E-state index in [2.05, 4.69) is 53.7 Å². The van der Waals surface area contributed by atoms with Gasteiger partial charge >= 0.3 is 26.2 Å². The molecule has 0 aliphatic heterocycles. The van der Waals surface area contributed by atoms with Crippen LogP contribution in [-0.4, -0.2) is 0 Å². The zero-order valence-electron chi connectivity index (χ0n) is 21.2. The van der Waals surface area contributed by atoms with Crippen molar-refractivity contribution >= 4 is 0 Å². The van der Waals surface area contributed by atoms with E-state index in [1.165, 1.54) is 101 Å². The average Bonchev–Trinajstić information content (AvgIpc) is 3.22. The molecule has 0 heterocycles. The Kier molecular flexibility index (Phi) is 25.8. The topological polar surface area (TPSA) is 0 Å². The quantitative estimate of drug-likeness (QED) is 0.329. The fourth-order valence-corrected chi connectivity index (χ4v) is 4.39. The fourth-order valence-electron chi connectivity index (χ4n) is 4.39. The molecule has 176 valence electrons. The summed E-state index contributed by atoms with van der Waals surface area (Å²) >= 11 is 0. The minimum absolute atomic E-state index is 0. The summed E-state index contributed by atoms with van der Waals surface area (Å²) in [4.78, 5) is 0. The standard InChI is InChI=1S/2C14H23.2ClH.Zr/c2*1-4-7-12-10-13(8-5-2)14(11-12)9-6-3;;;/h2*4-10H2,1-3H3;2*1H;/q2*-1;;;+4/p-2. The molecule has 2 aliphatic rings. The second-order valence-electron chi connectivity index (χ2n) is 8.47. The van der Waals surface area contributed by atoms with E-state index in [1.54, 1.807) is 22.3 Å². The molecule has 0 nitrogen and oxygen atoms in total. The van der Waals surface area contributed by atoms with E-state index in [1.807, 2.05) is 0 Å². The first-order valence-corrected chi connectivity index (χ1v) is 12.3. The van der Waals surface area contributed by atoms with Crippen molar-refractivity contribution in [3.63, 3.8) is 0 Å². The molecular weight excluding hydrogens is 498 g/mol. The molecule has 0 saturated carbocycles. The van der Waals surface area contributed by atoms with Crippen LogP contribution in [0.5, 0.6) is 0 Å². The summed E-state index contributed by atoms with van der Waals surface area (Å²) in [6.07, 6.45) is 24.9. The van der Waals surface area contributed by atoms with Crippen molar-refractivity contribution < 1.29 is 51.0 Å². The van der Waals surface area contributed by atoms with Crippen LogP contribution in [-0.2, 0) is 26.2 Å². The SMILES string of the molecule is CCCC1=[C-]C(CCC)=C(CCC)C1.CCCC1=[C-]C(CCC)=C(CCC)C1.[Cl-].[Cl-].[Zr+4]. The molecule has 2 rings (SSSR count). The van der Waals surface area contributed by atoms with Crippen LogP contribution in [0.4, 0.5) is 0 Å². The third kappa shape index (κ3) is 13.7. The van der Waals surface area contributed by atoms with Gasteiger partial charge in [-0.15, -0.1) is 0 Å².